The predicted octanol–water partition coefficient (Wildman–Crippen LogP) is 3.98. The smallest absolute Gasteiger partial charge is 0.416 e. The van der Waals surface area contributed by atoms with E-state index in [0.29, 0.717) is 30.6 Å². The molecule has 0 spiro atoms. The minimum absolute atomic E-state index is 0. The predicted molar refractivity (Wildman–Crippen MR) is 109 cm³/mol. The van der Waals surface area contributed by atoms with E-state index in [1.165, 1.54) is 6.07 Å². The minimum Gasteiger partial charge on any atom is -0.478 e. The van der Waals surface area contributed by atoms with E-state index < -0.39 is 11.7 Å². The van der Waals surface area contributed by atoms with Gasteiger partial charge in [0, 0.05) is 31.9 Å². The Morgan fingerprint density at radius 3 is 2.56 bits per heavy atom. The lowest BCUT2D eigenvalue weighted by molar-refractivity contribution is -0.137. The normalized spacial score (nSPS) is 11.5. The molecule has 1 aromatic carbocycles. The van der Waals surface area contributed by atoms with E-state index in [1.807, 2.05) is 13.0 Å². The highest BCUT2D eigenvalue weighted by Gasteiger charge is 2.30. The summed E-state index contributed by atoms with van der Waals surface area (Å²) < 4.78 is 43.8. The summed E-state index contributed by atoms with van der Waals surface area (Å²) in [6.45, 7) is 3.02. The molecular formula is C18H22F3IN4O. The number of alkyl halides is 3. The Kier molecular flexibility index (Phi) is 9.33. The van der Waals surface area contributed by atoms with Gasteiger partial charge in [-0.05, 0) is 30.7 Å². The lowest BCUT2D eigenvalue weighted by Crippen LogP contribution is -2.36. The summed E-state index contributed by atoms with van der Waals surface area (Å²) in [5, 5.41) is 6.09. The SMILES string of the molecule is CCOc1ncccc1CNC(=NC)NCc1cccc(C(F)(F)F)c1.I. The quantitative estimate of drug-likeness (QED) is 0.363. The number of halogens is 4. The fraction of sp³-hybridized carbons (Fsp3) is 0.333. The number of pyridine rings is 1. The average Bonchev–Trinajstić information content (AvgIpc) is 2.63. The molecule has 0 unspecified atom stereocenters. The van der Waals surface area contributed by atoms with Crippen LogP contribution in [0.25, 0.3) is 0 Å². The first-order valence-corrected chi connectivity index (χ1v) is 8.11. The number of guanidine groups is 1. The topological polar surface area (TPSA) is 58.5 Å². The van der Waals surface area contributed by atoms with Gasteiger partial charge in [0.1, 0.15) is 0 Å². The summed E-state index contributed by atoms with van der Waals surface area (Å²) in [7, 11) is 1.59. The molecule has 9 heteroatoms. The summed E-state index contributed by atoms with van der Waals surface area (Å²) >= 11 is 0. The minimum atomic E-state index is -4.36. The molecule has 0 aliphatic carbocycles. The number of hydrogen-bond acceptors (Lipinski definition) is 3. The third kappa shape index (κ3) is 7.24. The summed E-state index contributed by atoms with van der Waals surface area (Å²) in [4.78, 5) is 8.25. The Bertz CT molecular complexity index is 753. The molecule has 0 saturated heterocycles. The zero-order valence-corrected chi connectivity index (χ0v) is 17.3. The summed E-state index contributed by atoms with van der Waals surface area (Å²) in [6, 6.07) is 8.87. The van der Waals surface area contributed by atoms with Crippen molar-refractivity contribution in [2.24, 2.45) is 4.99 Å². The van der Waals surface area contributed by atoms with E-state index in [2.05, 4.69) is 20.6 Å². The van der Waals surface area contributed by atoms with Gasteiger partial charge in [0.25, 0.3) is 0 Å². The van der Waals surface area contributed by atoms with Crippen molar-refractivity contribution in [3.8, 4) is 5.88 Å². The molecule has 0 aliphatic heterocycles. The number of rotatable bonds is 6. The Morgan fingerprint density at radius 2 is 1.89 bits per heavy atom. The van der Waals surface area contributed by atoms with Gasteiger partial charge in [-0.3, -0.25) is 4.99 Å². The van der Waals surface area contributed by atoms with E-state index in [9.17, 15) is 13.2 Å². The van der Waals surface area contributed by atoms with Gasteiger partial charge in [0.15, 0.2) is 5.96 Å². The molecule has 2 aromatic rings. The molecule has 2 rings (SSSR count). The van der Waals surface area contributed by atoms with Crippen molar-refractivity contribution in [2.45, 2.75) is 26.2 Å². The average molecular weight is 494 g/mol. The molecule has 148 valence electrons. The molecule has 2 N–H and O–H groups in total. The Labute approximate surface area is 173 Å². The first-order valence-electron chi connectivity index (χ1n) is 8.11. The molecule has 0 atom stereocenters. The highest BCUT2D eigenvalue weighted by Crippen LogP contribution is 2.29. The largest absolute Gasteiger partial charge is 0.478 e. The van der Waals surface area contributed by atoms with Crippen LogP contribution in [0, 0.1) is 0 Å². The second-order valence-electron chi connectivity index (χ2n) is 5.38. The molecule has 27 heavy (non-hydrogen) atoms. The van der Waals surface area contributed by atoms with E-state index in [-0.39, 0.29) is 30.5 Å². The summed E-state index contributed by atoms with van der Waals surface area (Å²) in [5.74, 6) is 1.00. The van der Waals surface area contributed by atoms with Gasteiger partial charge in [-0.25, -0.2) is 4.98 Å². The van der Waals surface area contributed by atoms with Gasteiger partial charge in [-0.2, -0.15) is 13.2 Å². The van der Waals surface area contributed by atoms with Gasteiger partial charge in [-0.1, -0.05) is 18.2 Å². The van der Waals surface area contributed by atoms with E-state index >= 15 is 0 Å². The van der Waals surface area contributed by atoms with Crippen LogP contribution in [0.5, 0.6) is 5.88 Å². The number of hydrogen-bond donors (Lipinski definition) is 2. The maximum atomic E-state index is 12.8. The molecule has 0 bridgehead atoms. The number of aromatic nitrogens is 1. The van der Waals surface area contributed by atoms with Gasteiger partial charge < -0.3 is 15.4 Å². The fourth-order valence-corrected chi connectivity index (χ4v) is 2.27. The summed E-state index contributed by atoms with van der Waals surface area (Å²) in [6.07, 6.45) is -2.71. The van der Waals surface area contributed by atoms with Crippen LogP contribution in [0.3, 0.4) is 0 Å². The zero-order valence-electron chi connectivity index (χ0n) is 15.0. The molecule has 0 amide bonds. The molecule has 0 fully saturated rings. The first-order chi connectivity index (χ1) is 12.4. The van der Waals surface area contributed by atoms with Gasteiger partial charge >= 0.3 is 6.18 Å². The Hall–Kier alpha value is -2.04. The number of nitrogens with zero attached hydrogens (tertiary/aromatic N) is 2. The maximum Gasteiger partial charge on any atom is 0.416 e. The molecule has 5 nitrogen and oxygen atoms in total. The Balaban J connectivity index is 0.00000364. The monoisotopic (exact) mass is 494 g/mol. The van der Waals surface area contributed by atoms with Crippen molar-refractivity contribution in [2.75, 3.05) is 13.7 Å². The third-order valence-corrected chi connectivity index (χ3v) is 3.52. The van der Waals surface area contributed by atoms with Crippen LogP contribution in [0.1, 0.15) is 23.6 Å². The van der Waals surface area contributed by atoms with E-state index in [0.717, 1.165) is 17.7 Å². The summed E-state index contributed by atoms with van der Waals surface area (Å²) in [5.41, 5.74) is 0.701. The van der Waals surface area contributed by atoms with Crippen molar-refractivity contribution in [1.82, 2.24) is 15.6 Å². The van der Waals surface area contributed by atoms with Gasteiger partial charge in [-0.15, -0.1) is 24.0 Å². The number of ether oxygens (including phenoxy) is 1. The highest BCUT2D eigenvalue weighted by molar-refractivity contribution is 14.0. The third-order valence-electron chi connectivity index (χ3n) is 3.52. The van der Waals surface area contributed by atoms with Crippen LogP contribution < -0.4 is 15.4 Å². The maximum absolute atomic E-state index is 12.8. The number of benzene rings is 1. The number of aliphatic imine (C=N–C) groups is 1. The highest BCUT2D eigenvalue weighted by atomic mass is 127. The van der Waals surface area contributed by atoms with Crippen molar-refractivity contribution < 1.29 is 17.9 Å². The fourth-order valence-electron chi connectivity index (χ4n) is 2.27. The van der Waals surface area contributed by atoms with Crippen LogP contribution in [0.4, 0.5) is 13.2 Å². The van der Waals surface area contributed by atoms with Crippen molar-refractivity contribution in [1.29, 1.82) is 0 Å². The zero-order chi connectivity index (χ0) is 19.0. The lowest BCUT2D eigenvalue weighted by Gasteiger charge is -2.14. The Morgan fingerprint density at radius 1 is 1.15 bits per heavy atom. The van der Waals surface area contributed by atoms with Crippen molar-refractivity contribution in [3.05, 3.63) is 59.3 Å². The van der Waals surface area contributed by atoms with Crippen molar-refractivity contribution >= 4 is 29.9 Å². The molecule has 1 aromatic heterocycles. The second kappa shape index (κ2) is 11.0. The molecular weight excluding hydrogens is 472 g/mol. The van der Waals surface area contributed by atoms with Crippen LogP contribution in [-0.4, -0.2) is 24.6 Å². The standard InChI is InChI=1S/C18H21F3N4O.HI/c1-3-26-16-14(7-5-9-23-16)12-25-17(22-2)24-11-13-6-4-8-15(10-13)18(19,20)21;/h4-10H,3,11-12H2,1-2H3,(H2,22,24,25);1H. The molecule has 0 aliphatic rings. The van der Waals surface area contributed by atoms with Crippen LogP contribution >= 0.6 is 24.0 Å². The molecule has 0 radical (unpaired) electrons. The van der Waals surface area contributed by atoms with Gasteiger partial charge in [0.2, 0.25) is 5.88 Å². The van der Waals surface area contributed by atoms with Crippen LogP contribution in [0.2, 0.25) is 0 Å². The number of nitrogens with one attached hydrogen (secondary N) is 2. The molecule has 1 heterocycles. The first kappa shape index (κ1) is 23.0. The van der Waals surface area contributed by atoms with E-state index in [1.54, 1.807) is 25.4 Å². The van der Waals surface area contributed by atoms with Crippen molar-refractivity contribution in [3.63, 3.8) is 0 Å². The van der Waals surface area contributed by atoms with Crippen LogP contribution in [0.15, 0.2) is 47.6 Å². The van der Waals surface area contributed by atoms with Gasteiger partial charge in [0.05, 0.1) is 12.2 Å². The molecule has 0 saturated carbocycles. The van der Waals surface area contributed by atoms with Crippen LogP contribution in [-0.2, 0) is 19.3 Å². The van der Waals surface area contributed by atoms with E-state index in [4.69, 9.17) is 4.74 Å². The lowest BCUT2D eigenvalue weighted by atomic mass is 10.1. The second-order valence-corrected chi connectivity index (χ2v) is 5.38.